The standard InChI is InChI=1S/C15H32O2.2C7H6O2/c1-5-8-10-13(7-3)15(17)14(12(4)16)11-9-6-2;2*8-7(9)6-4-2-1-3-5-6/h12-17H,5-11H2,1-4H3;2*1-5H,(H,8,9). The fourth-order valence-electron chi connectivity index (χ4n) is 3.73. The molecule has 0 amide bonds. The van der Waals surface area contributed by atoms with E-state index in [1.807, 2.05) is 6.92 Å². The van der Waals surface area contributed by atoms with E-state index in [4.69, 9.17) is 10.2 Å². The summed E-state index contributed by atoms with van der Waals surface area (Å²) in [6.45, 7) is 8.29. The van der Waals surface area contributed by atoms with Crippen molar-refractivity contribution < 1.29 is 30.0 Å². The van der Waals surface area contributed by atoms with Gasteiger partial charge in [0.25, 0.3) is 0 Å². The molecule has 196 valence electrons. The third-order valence-electron chi connectivity index (χ3n) is 5.93. The third kappa shape index (κ3) is 14.3. The van der Waals surface area contributed by atoms with E-state index < -0.39 is 18.0 Å². The first kappa shape index (κ1) is 32.3. The number of carboxylic acids is 2. The molecule has 2 rings (SSSR count). The summed E-state index contributed by atoms with van der Waals surface area (Å²) >= 11 is 0. The number of rotatable bonds is 12. The fraction of sp³-hybridized carbons (Fsp3) is 0.517. The highest BCUT2D eigenvalue weighted by molar-refractivity contribution is 5.87. The van der Waals surface area contributed by atoms with E-state index in [2.05, 4.69) is 20.8 Å². The Kier molecular flexibility index (Phi) is 18.1. The predicted octanol–water partition coefficient (Wildman–Crippen LogP) is 6.52. The Bertz CT molecular complexity index is 742. The highest BCUT2D eigenvalue weighted by atomic mass is 16.4. The van der Waals surface area contributed by atoms with E-state index in [0.717, 1.165) is 32.1 Å². The summed E-state index contributed by atoms with van der Waals surface area (Å²) in [4.78, 5) is 20.4. The topological polar surface area (TPSA) is 115 Å². The van der Waals surface area contributed by atoms with Crippen molar-refractivity contribution in [1.82, 2.24) is 0 Å². The zero-order valence-electron chi connectivity index (χ0n) is 21.6. The second kappa shape index (κ2) is 19.6. The van der Waals surface area contributed by atoms with Gasteiger partial charge in [-0.05, 0) is 49.9 Å². The summed E-state index contributed by atoms with van der Waals surface area (Å²) in [5.74, 6) is -1.35. The molecule has 4 unspecified atom stereocenters. The van der Waals surface area contributed by atoms with Gasteiger partial charge in [-0.1, -0.05) is 89.3 Å². The minimum Gasteiger partial charge on any atom is -0.478 e. The van der Waals surface area contributed by atoms with Crippen molar-refractivity contribution in [2.24, 2.45) is 11.8 Å². The minimum atomic E-state index is -0.879. The van der Waals surface area contributed by atoms with Crippen LogP contribution in [-0.4, -0.2) is 44.6 Å². The summed E-state index contributed by atoms with van der Waals surface area (Å²) in [5, 5.41) is 37.0. The quantitative estimate of drug-likeness (QED) is 0.270. The number of aromatic carboxylic acids is 2. The first-order valence-electron chi connectivity index (χ1n) is 12.6. The van der Waals surface area contributed by atoms with Crippen LogP contribution < -0.4 is 0 Å². The lowest BCUT2D eigenvalue weighted by Gasteiger charge is -2.31. The molecule has 2 aromatic rings. The third-order valence-corrected chi connectivity index (χ3v) is 5.93. The van der Waals surface area contributed by atoms with Gasteiger partial charge in [0.1, 0.15) is 0 Å². The van der Waals surface area contributed by atoms with E-state index in [1.54, 1.807) is 60.7 Å². The van der Waals surface area contributed by atoms with Gasteiger partial charge in [0.2, 0.25) is 0 Å². The lowest BCUT2D eigenvalue weighted by Crippen LogP contribution is -2.35. The van der Waals surface area contributed by atoms with Crippen molar-refractivity contribution in [1.29, 1.82) is 0 Å². The molecule has 6 nitrogen and oxygen atoms in total. The van der Waals surface area contributed by atoms with Crippen LogP contribution in [0.1, 0.15) is 93.4 Å². The monoisotopic (exact) mass is 488 g/mol. The van der Waals surface area contributed by atoms with Crippen LogP contribution >= 0.6 is 0 Å². The zero-order valence-corrected chi connectivity index (χ0v) is 21.6. The molecule has 4 N–H and O–H groups in total. The molecule has 0 spiro atoms. The van der Waals surface area contributed by atoms with Gasteiger partial charge in [0, 0.05) is 5.92 Å². The minimum absolute atomic E-state index is 0.0526. The van der Waals surface area contributed by atoms with Crippen LogP contribution in [0.2, 0.25) is 0 Å². The molecule has 0 aliphatic heterocycles. The molecule has 0 bridgehead atoms. The highest BCUT2D eigenvalue weighted by Gasteiger charge is 2.29. The summed E-state index contributed by atoms with van der Waals surface area (Å²) < 4.78 is 0. The highest BCUT2D eigenvalue weighted by Crippen LogP contribution is 2.27. The van der Waals surface area contributed by atoms with Gasteiger partial charge >= 0.3 is 11.9 Å². The maximum Gasteiger partial charge on any atom is 0.335 e. The number of aliphatic hydroxyl groups is 2. The summed E-state index contributed by atoms with van der Waals surface area (Å²) in [6, 6.07) is 16.6. The fourth-order valence-corrected chi connectivity index (χ4v) is 3.73. The summed E-state index contributed by atoms with van der Waals surface area (Å²) in [6.07, 6.45) is 6.88. The average molecular weight is 489 g/mol. The molecule has 0 fully saturated rings. The predicted molar refractivity (Wildman–Crippen MR) is 141 cm³/mol. The van der Waals surface area contributed by atoms with Crippen LogP contribution in [0.15, 0.2) is 60.7 Å². The van der Waals surface area contributed by atoms with Gasteiger partial charge < -0.3 is 20.4 Å². The van der Waals surface area contributed by atoms with Gasteiger partial charge in [-0.3, -0.25) is 0 Å². The molecule has 6 heteroatoms. The Morgan fingerprint density at radius 2 is 1.11 bits per heavy atom. The van der Waals surface area contributed by atoms with Crippen molar-refractivity contribution in [2.45, 2.75) is 84.8 Å². The molecule has 0 saturated carbocycles. The van der Waals surface area contributed by atoms with Crippen LogP contribution in [0.4, 0.5) is 0 Å². The zero-order chi connectivity index (χ0) is 26.6. The molecule has 0 aromatic heterocycles. The number of hydrogen-bond acceptors (Lipinski definition) is 4. The van der Waals surface area contributed by atoms with Crippen molar-refractivity contribution in [3.63, 3.8) is 0 Å². The first-order valence-corrected chi connectivity index (χ1v) is 12.6. The number of carbonyl (C=O) groups is 2. The van der Waals surface area contributed by atoms with Crippen molar-refractivity contribution >= 4 is 11.9 Å². The van der Waals surface area contributed by atoms with E-state index in [9.17, 15) is 19.8 Å². The van der Waals surface area contributed by atoms with Gasteiger partial charge in [0.15, 0.2) is 0 Å². The van der Waals surface area contributed by atoms with E-state index >= 15 is 0 Å². The maximum atomic E-state index is 10.4. The lowest BCUT2D eigenvalue weighted by atomic mass is 9.81. The van der Waals surface area contributed by atoms with Gasteiger partial charge in [-0.2, -0.15) is 0 Å². The molecule has 2 aromatic carbocycles. The van der Waals surface area contributed by atoms with Crippen LogP contribution in [0, 0.1) is 11.8 Å². The van der Waals surface area contributed by atoms with E-state index in [1.165, 1.54) is 12.8 Å². The van der Waals surface area contributed by atoms with Crippen LogP contribution in [0.5, 0.6) is 0 Å². The normalized spacial score (nSPS) is 13.7. The molecular formula is C29H44O6. The Hall–Kier alpha value is -2.70. The number of hydrogen-bond donors (Lipinski definition) is 4. The van der Waals surface area contributed by atoms with Crippen molar-refractivity contribution in [2.75, 3.05) is 0 Å². The Balaban J connectivity index is 0.000000538. The summed E-state index contributed by atoms with van der Waals surface area (Å²) in [5.41, 5.74) is 0.662. The second-order valence-electron chi connectivity index (χ2n) is 8.69. The van der Waals surface area contributed by atoms with Gasteiger partial charge in [0.05, 0.1) is 23.3 Å². The average Bonchev–Trinajstić information content (AvgIpc) is 2.86. The van der Waals surface area contributed by atoms with E-state index in [-0.39, 0.29) is 12.0 Å². The molecule has 4 atom stereocenters. The number of unbranched alkanes of at least 4 members (excludes halogenated alkanes) is 2. The van der Waals surface area contributed by atoms with Gasteiger partial charge in [-0.25, -0.2) is 9.59 Å². The van der Waals surface area contributed by atoms with Crippen molar-refractivity contribution in [3.05, 3.63) is 71.8 Å². The molecule has 35 heavy (non-hydrogen) atoms. The summed E-state index contributed by atoms with van der Waals surface area (Å²) in [7, 11) is 0. The van der Waals surface area contributed by atoms with Crippen LogP contribution in [-0.2, 0) is 0 Å². The Morgan fingerprint density at radius 1 is 0.714 bits per heavy atom. The maximum absolute atomic E-state index is 10.4. The van der Waals surface area contributed by atoms with Crippen molar-refractivity contribution in [3.8, 4) is 0 Å². The molecule has 0 radical (unpaired) electrons. The number of aliphatic hydroxyl groups excluding tert-OH is 2. The van der Waals surface area contributed by atoms with Gasteiger partial charge in [-0.15, -0.1) is 0 Å². The smallest absolute Gasteiger partial charge is 0.335 e. The second-order valence-corrected chi connectivity index (χ2v) is 8.69. The Morgan fingerprint density at radius 3 is 1.40 bits per heavy atom. The SMILES string of the molecule is CCCCC(CC)C(O)C(CCCC)C(C)O.O=C(O)c1ccccc1.O=C(O)c1ccccc1. The molecule has 0 aliphatic rings. The first-order chi connectivity index (χ1) is 16.7. The lowest BCUT2D eigenvalue weighted by molar-refractivity contribution is -0.0201. The largest absolute Gasteiger partial charge is 0.478 e. The molecule has 0 saturated heterocycles. The van der Waals surface area contributed by atoms with Crippen LogP contribution in [0.3, 0.4) is 0 Å². The number of carboxylic acid groups (broad SMARTS) is 2. The Labute approximate surface area is 210 Å². The number of benzene rings is 2. The van der Waals surface area contributed by atoms with Crippen LogP contribution in [0.25, 0.3) is 0 Å². The van der Waals surface area contributed by atoms with E-state index in [0.29, 0.717) is 17.0 Å². The molecule has 0 heterocycles. The molecular weight excluding hydrogens is 444 g/mol. The molecule has 0 aliphatic carbocycles.